The smallest absolute Gasteiger partial charge is 0.244 e. The number of anilines is 1. The minimum absolute atomic E-state index is 0.105. The summed E-state index contributed by atoms with van der Waals surface area (Å²) in [5, 5.41) is 3.05. The Balaban J connectivity index is 1.89. The van der Waals surface area contributed by atoms with E-state index in [1.165, 1.54) is 4.90 Å². The minimum Gasteiger partial charge on any atom is -0.497 e. The molecule has 190 valence electrons. The molecule has 0 aliphatic heterocycles. The van der Waals surface area contributed by atoms with Crippen LogP contribution in [0.5, 0.6) is 5.75 Å². The Morgan fingerprint density at radius 1 is 1.14 bits per heavy atom. The number of halogens is 1. The molecule has 1 aliphatic rings. The Morgan fingerprint density at radius 3 is 2.46 bits per heavy atom. The number of amides is 2. The van der Waals surface area contributed by atoms with Gasteiger partial charge in [-0.2, -0.15) is 0 Å². The average molecular weight is 567 g/mol. The summed E-state index contributed by atoms with van der Waals surface area (Å²) < 4.78 is 32.3. The summed E-state index contributed by atoms with van der Waals surface area (Å²) in [5.41, 5.74) is 1.13. The number of ether oxygens (including phenoxy) is 1. The van der Waals surface area contributed by atoms with Crippen molar-refractivity contribution in [2.24, 2.45) is 0 Å². The van der Waals surface area contributed by atoms with Crippen molar-refractivity contribution in [3.8, 4) is 5.75 Å². The Kier molecular flexibility index (Phi) is 9.18. The van der Waals surface area contributed by atoms with Crippen LogP contribution in [0.15, 0.2) is 53.0 Å². The van der Waals surface area contributed by atoms with Crippen molar-refractivity contribution in [1.82, 2.24) is 10.2 Å². The lowest BCUT2D eigenvalue weighted by Gasteiger charge is -2.32. The van der Waals surface area contributed by atoms with Gasteiger partial charge in [-0.05, 0) is 55.7 Å². The average Bonchev–Trinajstić information content (AvgIpc) is 3.32. The molecule has 8 nitrogen and oxygen atoms in total. The maximum Gasteiger partial charge on any atom is 0.244 e. The molecule has 1 aliphatic carbocycles. The Labute approximate surface area is 215 Å². The third-order valence-corrected chi connectivity index (χ3v) is 7.77. The molecule has 2 amide bonds. The molecule has 0 aromatic heterocycles. The monoisotopic (exact) mass is 565 g/mol. The molecule has 1 N–H and O–H groups in total. The fourth-order valence-electron chi connectivity index (χ4n) is 4.19. The molecular formula is C25H32BrN3O5S. The van der Waals surface area contributed by atoms with Crippen LogP contribution in [0.2, 0.25) is 0 Å². The number of carbonyl (C=O) groups is 2. The van der Waals surface area contributed by atoms with Crippen LogP contribution in [0.3, 0.4) is 0 Å². The van der Waals surface area contributed by atoms with E-state index >= 15 is 0 Å². The molecule has 0 heterocycles. The zero-order valence-electron chi connectivity index (χ0n) is 20.2. The summed E-state index contributed by atoms with van der Waals surface area (Å²) in [6, 6.07) is 13.3. The zero-order chi connectivity index (χ0) is 25.6. The second-order valence-electron chi connectivity index (χ2n) is 8.79. The van der Waals surface area contributed by atoms with Gasteiger partial charge >= 0.3 is 0 Å². The van der Waals surface area contributed by atoms with E-state index in [1.807, 2.05) is 12.1 Å². The van der Waals surface area contributed by atoms with Gasteiger partial charge < -0.3 is 15.0 Å². The summed E-state index contributed by atoms with van der Waals surface area (Å²) in [6.45, 7) is 1.37. The molecule has 0 unspecified atom stereocenters. The fourth-order valence-corrected chi connectivity index (χ4v) is 5.42. The number of nitrogens with zero attached hydrogens (tertiary/aromatic N) is 2. The number of methoxy groups -OCH3 is 1. The second kappa shape index (κ2) is 11.9. The second-order valence-corrected chi connectivity index (χ2v) is 11.6. The van der Waals surface area contributed by atoms with Crippen molar-refractivity contribution in [2.45, 2.75) is 51.2 Å². The van der Waals surface area contributed by atoms with E-state index in [0.29, 0.717) is 15.9 Å². The molecule has 0 radical (unpaired) electrons. The van der Waals surface area contributed by atoms with Gasteiger partial charge in [0.25, 0.3) is 0 Å². The first kappa shape index (κ1) is 27.0. The van der Waals surface area contributed by atoms with Crippen molar-refractivity contribution in [3.05, 3.63) is 58.6 Å². The van der Waals surface area contributed by atoms with Crippen LogP contribution in [-0.2, 0) is 26.2 Å². The molecule has 2 aromatic carbocycles. The first-order valence-corrected chi connectivity index (χ1v) is 14.2. The Hall–Kier alpha value is -2.59. The van der Waals surface area contributed by atoms with Crippen LogP contribution >= 0.6 is 15.9 Å². The number of hydrogen-bond donors (Lipinski definition) is 1. The predicted octanol–water partition coefficient (Wildman–Crippen LogP) is 3.70. The van der Waals surface area contributed by atoms with Crippen molar-refractivity contribution in [2.75, 3.05) is 24.2 Å². The van der Waals surface area contributed by atoms with Crippen LogP contribution in [0.1, 0.15) is 38.2 Å². The quantitative estimate of drug-likeness (QED) is 0.473. The van der Waals surface area contributed by atoms with Gasteiger partial charge in [0.2, 0.25) is 21.8 Å². The third kappa shape index (κ3) is 7.44. The van der Waals surface area contributed by atoms with Crippen molar-refractivity contribution in [1.29, 1.82) is 0 Å². The number of nitrogens with one attached hydrogen (secondary N) is 1. The topological polar surface area (TPSA) is 96.0 Å². The lowest BCUT2D eigenvalue weighted by molar-refractivity contribution is -0.139. The molecule has 0 bridgehead atoms. The van der Waals surface area contributed by atoms with Crippen LogP contribution < -0.4 is 14.4 Å². The summed E-state index contributed by atoms with van der Waals surface area (Å²) >= 11 is 3.35. The lowest BCUT2D eigenvalue weighted by Crippen LogP contribution is -2.52. The maximum atomic E-state index is 13.6. The van der Waals surface area contributed by atoms with E-state index in [-0.39, 0.29) is 18.5 Å². The van der Waals surface area contributed by atoms with Gasteiger partial charge in [-0.15, -0.1) is 0 Å². The highest BCUT2D eigenvalue weighted by molar-refractivity contribution is 9.10. The van der Waals surface area contributed by atoms with E-state index in [4.69, 9.17) is 4.74 Å². The highest BCUT2D eigenvalue weighted by Gasteiger charge is 2.31. The van der Waals surface area contributed by atoms with Crippen molar-refractivity contribution >= 4 is 43.5 Å². The number of hydrogen-bond acceptors (Lipinski definition) is 5. The molecule has 10 heteroatoms. The maximum absolute atomic E-state index is 13.6. The number of rotatable bonds is 10. The van der Waals surface area contributed by atoms with E-state index in [0.717, 1.165) is 41.8 Å². The molecule has 3 rings (SSSR count). The van der Waals surface area contributed by atoms with Crippen LogP contribution in [0, 0.1) is 0 Å². The lowest BCUT2D eigenvalue weighted by atomic mass is 10.1. The summed E-state index contributed by atoms with van der Waals surface area (Å²) in [5.74, 6) is -0.0985. The first-order valence-electron chi connectivity index (χ1n) is 11.5. The van der Waals surface area contributed by atoms with E-state index in [9.17, 15) is 18.0 Å². The fraction of sp³-hybridized carbons (Fsp3) is 0.440. The van der Waals surface area contributed by atoms with Crippen LogP contribution in [0.4, 0.5) is 5.69 Å². The van der Waals surface area contributed by atoms with E-state index in [2.05, 4.69) is 21.2 Å². The molecule has 0 saturated heterocycles. The SMILES string of the molecule is COc1cccc(CN(C(=O)CN(c2cccc(Br)c2)S(C)(=O)=O)[C@@H](C)C(=O)NC2CCCC2)c1. The molecule has 0 spiro atoms. The molecule has 1 atom stereocenters. The van der Waals surface area contributed by atoms with Crippen molar-refractivity contribution < 1.29 is 22.7 Å². The van der Waals surface area contributed by atoms with Gasteiger partial charge in [-0.3, -0.25) is 13.9 Å². The summed E-state index contributed by atoms with van der Waals surface area (Å²) in [7, 11) is -2.21. The van der Waals surface area contributed by atoms with Gasteiger partial charge in [-0.25, -0.2) is 8.42 Å². The van der Waals surface area contributed by atoms with Gasteiger partial charge in [0, 0.05) is 17.1 Å². The highest BCUT2D eigenvalue weighted by Crippen LogP contribution is 2.24. The summed E-state index contributed by atoms with van der Waals surface area (Å²) in [6.07, 6.45) is 5.05. The Morgan fingerprint density at radius 2 is 1.83 bits per heavy atom. The number of carbonyl (C=O) groups excluding carboxylic acids is 2. The molecule has 35 heavy (non-hydrogen) atoms. The Bertz CT molecular complexity index is 1150. The largest absolute Gasteiger partial charge is 0.497 e. The zero-order valence-corrected chi connectivity index (χ0v) is 22.6. The van der Waals surface area contributed by atoms with Gasteiger partial charge in [0.1, 0.15) is 18.3 Å². The molecular weight excluding hydrogens is 534 g/mol. The highest BCUT2D eigenvalue weighted by atomic mass is 79.9. The standard InChI is InChI=1S/C25H32BrN3O5S/c1-18(25(31)27-21-10-4-5-11-21)28(16-19-8-6-13-23(14-19)34-2)24(30)17-29(35(3,32)33)22-12-7-9-20(26)15-22/h6-9,12-15,18,21H,4-5,10-11,16-17H2,1-3H3,(H,27,31)/t18-/m0/s1. The van der Waals surface area contributed by atoms with Gasteiger partial charge in [-0.1, -0.05) is 47.0 Å². The first-order chi connectivity index (χ1) is 16.6. The third-order valence-electron chi connectivity index (χ3n) is 6.13. The number of sulfonamides is 1. The predicted molar refractivity (Wildman–Crippen MR) is 140 cm³/mol. The molecule has 1 saturated carbocycles. The molecule has 2 aromatic rings. The molecule has 1 fully saturated rings. The van der Waals surface area contributed by atoms with Gasteiger partial charge in [0.15, 0.2) is 0 Å². The minimum atomic E-state index is -3.77. The van der Waals surface area contributed by atoms with Crippen LogP contribution in [0.25, 0.3) is 0 Å². The van der Waals surface area contributed by atoms with E-state index < -0.39 is 28.5 Å². The van der Waals surface area contributed by atoms with Crippen molar-refractivity contribution in [3.63, 3.8) is 0 Å². The normalized spacial score (nSPS) is 14.9. The number of benzene rings is 2. The van der Waals surface area contributed by atoms with Gasteiger partial charge in [0.05, 0.1) is 19.1 Å². The van der Waals surface area contributed by atoms with E-state index in [1.54, 1.807) is 50.4 Å². The van der Waals surface area contributed by atoms with Crippen LogP contribution in [-0.4, -0.2) is 57.1 Å². The summed E-state index contributed by atoms with van der Waals surface area (Å²) in [4.78, 5) is 28.1.